The summed E-state index contributed by atoms with van der Waals surface area (Å²) < 4.78 is 4.68. The molecule has 0 aromatic heterocycles. The molecule has 96 valence electrons. The third kappa shape index (κ3) is 2.27. The Morgan fingerprint density at radius 2 is 2.06 bits per heavy atom. The van der Waals surface area contributed by atoms with Crippen LogP contribution in [0.15, 0.2) is 18.2 Å². The van der Waals surface area contributed by atoms with Crippen molar-refractivity contribution in [2.24, 2.45) is 0 Å². The van der Waals surface area contributed by atoms with Crippen LogP contribution in [0.2, 0.25) is 0 Å². The number of non-ortho nitro benzene ring substituents is 1. The van der Waals surface area contributed by atoms with E-state index < -0.39 is 10.9 Å². The number of hydrogen-bond donors (Lipinski definition) is 0. The van der Waals surface area contributed by atoms with Crippen molar-refractivity contribution < 1.29 is 14.5 Å². The maximum Gasteiger partial charge on any atom is 0.340 e. The predicted molar refractivity (Wildman–Crippen MR) is 65.9 cm³/mol. The van der Waals surface area contributed by atoms with Crippen LogP contribution in [-0.2, 0) is 4.74 Å². The molecule has 0 saturated carbocycles. The Labute approximate surface area is 104 Å². The number of nitro benzene ring substituents is 1. The first-order valence-electron chi connectivity index (χ1n) is 5.75. The van der Waals surface area contributed by atoms with Crippen LogP contribution in [0.25, 0.3) is 0 Å². The number of ether oxygens (including phenoxy) is 1. The van der Waals surface area contributed by atoms with Crippen molar-refractivity contribution in [3.8, 4) is 0 Å². The molecule has 1 aliphatic heterocycles. The molecule has 2 rings (SSSR count). The highest BCUT2D eigenvalue weighted by molar-refractivity contribution is 5.96. The van der Waals surface area contributed by atoms with Gasteiger partial charge in [0.25, 0.3) is 5.69 Å². The topological polar surface area (TPSA) is 72.7 Å². The number of nitro groups is 1. The van der Waals surface area contributed by atoms with Crippen molar-refractivity contribution in [1.29, 1.82) is 0 Å². The fourth-order valence-electron chi connectivity index (χ4n) is 2.14. The standard InChI is InChI=1S/C12H14N2O4/c1-18-12(15)10-8-9(14(16)17)4-5-11(10)13-6-2-3-7-13/h4-5,8H,2-3,6-7H2,1H3. The minimum Gasteiger partial charge on any atom is -0.465 e. The number of carbonyl (C=O) groups is 1. The van der Waals surface area contributed by atoms with Gasteiger partial charge in [0.05, 0.1) is 23.3 Å². The molecule has 18 heavy (non-hydrogen) atoms. The van der Waals surface area contributed by atoms with Gasteiger partial charge >= 0.3 is 5.97 Å². The van der Waals surface area contributed by atoms with Crippen LogP contribution >= 0.6 is 0 Å². The number of esters is 1. The summed E-state index contributed by atoms with van der Waals surface area (Å²) in [5.74, 6) is -0.541. The first-order chi connectivity index (χ1) is 8.63. The number of rotatable bonds is 3. The summed E-state index contributed by atoms with van der Waals surface area (Å²) >= 11 is 0. The van der Waals surface area contributed by atoms with Crippen LogP contribution in [-0.4, -0.2) is 31.1 Å². The van der Waals surface area contributed by atoms with Gasteiger partial charge in [-0.2, -0.15) is 0 Å². The van der Waals surface area contributed by atoms with Gasteiger partial charge in [-0.05, 0) is 18.9 Å². The van der Waals surface area contributed by atoms with E-state index in [-0.39, 0.29) is 11.3 Å². The van der Waals surface area contributed by atoms with Crippen LogP contribution in [0, 0.1) is 10.1 Å². The molecule has 0 radical (unpaired) electrons. The van der Waals surface area contributed by atoms with E-state index in [1.165, 1.54) is 19.2 Å². The molecule has 6 heteroatoms. The Hall–Kier alpha value is -2.11. The van der Waals surface area contributed by atoms with E-state index in [1.807, 2.05) is 0 Å². The Morgan fingerprint density at radius 3 is 2.61 bits per heavy atom. The third-order valence-corrected chi connectivity index (χ3v) is 3.04. The van der Waals surface area contributed by atoms with Crippen LogP contribution < -0.4 is 4.90 Å². The summed E-state index contributed by atoms with van der Waals surface area (Å²) in [7, 11) is 1.27. The van der Waals surface area contributed by atoms with E-state index >= 15 is 0 Å². The quantitative estimate of drug-likeness (QED) is 0.466. The van der Waals surface area contributed by atoms with Gasteiger partial charge in [0.2, 0.25) is 0 Å². The van der Waals surface area contributed by atoms with Gasteiger partial charge in [0.1, 0.15) is 0 Å². The molecule has 1 aromatic rings. The summed E-state index contributed by atoms with van der Waals surface area (Å²) in [5, 5.41) is 10.7. The van der Waals surface area contributed by atoms with Gasteiger partial charge in [-0.15, -0.1) is 0 Å². The smallest absolute Gasteiger partial charge is 0.340 e. The fraction of sp³-hybridized carbons (Fsp3) is 0.417. The summed E-state index contributed by atoms with van der Waals surface area (Å²) in [6.45, 7) is 1.73. The van der Waals surface area contributed by atoms with Gasteiger partial charge in [0.15, 0.2) is 0 Å². The minimum absolute atomic E-state index is 0.0988. The number of benzene rings is 1. The highest BCUT2D eigenvalue weighted by Gasteiger charge is 2.22. The van der Waals surface area contributed by atoms with Crippen molar-refractivity contribution in [2.75, 3.05) is 25.1 Å². The summed E-state index contributed by atoms with van der Waals surface area (Å²) in [6.07, 6.45) is 2.13. The minimum atomic E-state index is -0.541. The first-order valence-corrected chi connectivity index (χ1v) is 5.75. The number of nitrogens with zero attached hydrogens (tertiary/aromatic N) is 2. The van der Waals surface area contributed by atoms with Gasteiger partial charge in [-0.3, -0.25) is 10.1 Å². The molecular formula is C12H14N2O4. The SMILES string of the molecule is COC(=O)c1cc([N+](=O)[O-])ccc1N1CCCC1. The molecule has 1 fully saturated rings. The molecule has 0 bridgehead atoms. The molecule has 0 N–H and O–H groups in total. The number of carbonyl (C=O) groups excluding carboxylic acids is 1. The average Bonchev–Trinajstić information content (AvgIpc) is 2.90. The maximum atomic E-state index is 11.7. The second-order valence-electron chi connectivity index (χ2n) is 4.14. The lowest BCUT2D eigenvalue weighted by Crippen LogP contribution is -2.21. The van der Waals surface area contributed by atoms with E-state index in [9.17, 15) is 14.9 Å². The highest BCUT2D eigenvalue weighted by Crippen LogP contribution is 2.28. The molecule has 1 heterocycles. The van der Waals surface area contributed by atoms with Crippen molar-refractivity contribution in [2.45, 2.75) is 12.8 Å². The number of methoxy groups -OCH3 is 1. The summed E-state index contributed by atoms with van der Waals surface area (Å²) in [5.41, 5.74) is 0.872. The molecule has 0 amide bonds. The molecule has 0 spiro atoms. The van der Waals surface area contributed by atoms with Gasteiger partial charge in [-0.25, -0.2) is 4.79 Å². The first kappa shape index (κ1) is 12.3. The molecule has 0 atom stereocenters. The Morgan fingerprint density at radius 1 is 1.39 bits per heavy atom. The van der Waals surface area contributed by atoms with E-state index in [0.29, 0.717) is 5.69 Å². The zero-order valence-electron chi connectivity index (χ0n) is 10.1. The van der Waals surface area contributed by atoms with Gasteiger partial charge in [0, 0.05) is 25.2 Å². The van der Waals surface area contributed by atoms with Crippen molar-refractivity contribution in [3.05, 3.63) is 33.9 Å². The second kappa shape index (κ2) is 5.03. The zero-order chi connectivity index (χ0) is 13.1. The average molecular weight is 250 g/mol. The largest absolute Gasteiger partial charge is 0.465 e. The molecular weight excluding hydrogens is 236 g/mol. The molecule has 1 saturated heterocycles. The Balaban J connectivity index is 2.44. The second-order valence-corrected chi connectivity index (χ2v) is 4.14. The predicted octanol–water partition coefficient (Wildman–Crippen LogP) is 1.98. The summed E-state index contributed by atoms with van der Waals surface area (Å²) in [6, 6.07) is 4.31. The van der Waals surface area contributed by atoms with Crippen LogP contribution in [0.4, 0.5) is 11.4 Å². The summed E-state index contributed by atoms with van der Waals surface area (Å²) in [4.78, 5) is 24.0. The van der Waals surface area contributed by atoms with E-state index in [4.69, 9.17) is 0 Å². The molecule has 0 aliphatic carbocycles. The lowest BCUT2D eigenvalue weighted by molar-refractivity contribution is -0.384. The monoisotopic (exact) mass is 250 g/mol. The maximum absolute atomic E-state index is 11.7. The van der Waals surface area contributed by atoms with Crippen LogP contribution in [0.3, 0.4) is 0 Å². The van der Waals surface area contributed by atoms with Crippen molar-refractivity contribution >= 4 is 17.3 Å². The van der Waals surface area contributed by atoms with Crippen LogP contribution in [0.1, 0.15) is 23.2 Å². The lowest BCUT2D eigenvalue weighted by Gasteiger charge is -2.20. The highest BCUT2D eigenvalue weighted by atomic mass is 16.6. The van der Waals surface area contributed by atoms with Crippen molar-refractivity contribution in [3.63, 3.8) is 0 Å². The lowest BCUT2D eigenvalue weighted by atomic mass is 10.1. The number of hydrogen-bond acceptors (Lipinski definition) is 5. The number of anilines is 1. The van der Waals surface area contributed by atoms with Gasteiger partial charge < -0.3 is 9.64 Å². The molecule has 1 aromatic carbocycles. The zero-order valence-corrected chi connectivity index (χ0v) is 10.1. The van der Waals surface area contributed by atoms with Crippen molar-refractivity contribution in [1.82, 2.24) is 0 Å². The van der Waals surface area contributed by atoms with Gasteiger partial charge in [-0.1, -0.05) is 0 Å². The third-order valence-electron chi connectivity index (χ3n) is 3.04. The molecule has 6 nitrogen and oxygen atoms in total. The molecule has 1 aliphatic rings. The Kier molecular flexibility index (Phi) is 3.45. The van der Waals surface area contributed by atoms with E-state index in [2.05, 4.69) is 9.64 Å². The normalized spacial score (nSPS) is 14.6. The fourth-order valence-corrected chi connectivity index (χ4v) is 2.14. The molecule has 0 unspecified atom stereocenters. The van der Waals surface area contributed by atoms with E-state index in [0.717, 1.165) is 25.9 Å². The Bertz CT molecular complexity index is 481. The van der Waals surface area contributed by atoms with E-state index in [1.54, 1.807) is 6.07 Å². The van der Waals surface area contributed by atoms with Crippen LogP contribution in [0.5, 0.6) is 0 Å².